The van der Waals surface area contributed by atoms with Crippen LogP contribution in [-0.4, -0.2) is 62.7 Å². The molecule has 2 aromatic carbocycles. The number of rotatable bonds is 5. The molecule has 2 aliphatic rings. The summed E-state index contributed by atoms with van der Waals surface area (Å²) in [6.45, 7) is 5.35. The predicted octanol–water partition coefficient (Wildman–Crippen LogP) is 1.95. The Morgan fingerprint density at radius 3 is 2.61 bits per heavy atom. The minimum absolute atomic E-state index is 0.0621. The van der Waals surface area contributed by atoms with Crippen LogP contribution in [0.5, 0.6) is 0 Å². The number of hydrogen-bond acceptors (Lipinski definition) is 4. The SMILES string of the molecule is O=C(NCCN1CCOCC1)c1cccc(C(=O)N2CCc3ccccc32)c1. The number of nitrogens with one attached hydrogen (secondary N) is 1. The van der Waals surface area contributed by atoms with Gasteiger partial charge in [-0.25, -0.2) is 0 Å². The van der Waals surface area contributed by atoms with Crippen LogP contribution in [0.25, 0.3) is 0 Å². The van der Waals surface area contributed by atoms with Crippen molar-refractivity contribution >= 4 is 17.5 Å². The first-order valence-corrected chi connectivity index (χ1v) is 9.80. The highest BCUT2D eigenvalue weighted by Crippen LogP contribution is 2.28. The van der Waals surface area contributed by atoms with E-state index in [0.29, 0.717) is 24.2 Å². The lowest BCUT2D eigenvalue weighted by molar-refractivity contribution is 0.0383. The van der Waals surface area contributed by atoms with Crippen LogP contribution in [-0.2, 0) is 11.2 Å². The Hall–Kier alpha value is -2.70. The number of hydrogen-bond donors (Lipinski definition) is 1. The topological polar surface area (TPSA) is 61.9 Å². The van der Waals surface area contributed by atoms with Crippen molar-refractivity contribution in [1.82, 2.24) is 10.2 Å². The van der Waals surface area contributed by atoms with E-state index < -0.39 is 0 Å². The first-order chi connectivity index (χ1) is 13.7. The van der Waals surface area contributed by atoms with Gasteiger partial charge < -0.3 is 15.0 Å². The van der Waals surface area contributed by atoms with Crippen LogP contribution in [0.2, 0.25) is 0 Å². The smallest absolute Gasteiger partial charge is 0.258 e. The minimum atomic E-state index is -0.148. The summed E-state index contributed by atoms with van der Waals surface area (Å²) in [5.74, 6) is -0.211. The molecule has 6 nitrogen and oxygen atoms in total. The summed E-state index contributed by atoms with van der Waals surface area (Å²) in [4.78, 5) is 29.6. The van der Waals surface area contributed by atoms with Gasteiger partial charge in [-0.1, -0.05) is 24.3 Å². The maximum absolute atomic E-state index is 13.0. The second-order valence-electron chi connectivity index (χ2n) is 7.13. The van der Waals surface area contributed by atoms with Gasteiger partial charge in [-0.3, -0.25) is 14.5 Å². The van der Waals surface area contributed by atoms with Crippen molar-refractivity contribution in [3.63, 3.8) is 0 Å². The average molecular weight is 379 g/mol. The van der Waals surface area contributed by atoms with E-state index in [0.717, 1.165) is 45.0 Å². The van der Waals surface area contributed by atoms with Gasteiger partial charge in [0.2, 0.25) is 0 Å². The molecule has 1 fully saturated rings. The Bertz CT molecular complexity index is 862. The van der Waals surface area contributed by atoms with Gasteiger partial charge in [-0.05, 0) is 36.2 Å². The summed E-state index contributed by atoms with van der Waals surface area (Å²) in [7, 11) is 0. The van der Waals surface area contributed by atoms with Gasteiger partial charge in [-0.2, -0.15) is 0 Å². The quantitative estimate of drug-likeness (QED) is 0.863. The number of amides is 2. The highest BCUT2D eigenvalue weighted by atomic mass is 16.5. The zero-order chi connectivity index (χ0) is 19.3. The zero-order valence-corrected chi connectivity index (χ0v) is 15.9. The molecule has 2 aliphatic heterocycles. The van der Waals surface area contributed by atoms with E-state index in [9.17, 15) is 9.59 Å². The Morgan fingerprint density at radius 1 is 0.964 bits per heavy atom. The van der Waals surface area contributed by atoms with Crippen molar-refractivity contribution in [3.8, 4) is 0 Å². The lowest BCUT2D eigenvalue weighted by Gasteiger charge is -2.26. The van der Waals surface area contributed by atoms with Gasteiger partial charge >= 0.3 is 0 Å². The second kappa shape index (κ2) is 8.54. The fourth-order valence-corrected chi connectivity index (χ4v) is 3.75. The lowest BCUT2D eigenvalue weighted by Crippen LogP contribution is -2.41. The van der Waals surface area contributed by atoms with Crippen molar-refractivity contribution < 1.29 is 14.3 Å². The summed E-state index contributed by atoms with van der Waals surface area (Å²) in [5, 5.41) is 2.95. The van der Waals surface area contributed by atoms with E-state index in [1.807, 2.05) is 18.2 Å². The second-order valence-corrected chi connectivity index (χ2v) is 7.13. The van der Waals surface area contributed by atoms with E-state index in [-0.39, 0.29) is 11.8 Å². The molecule has 6 heteroatoms. The molecule has 4 rings (SSSR count). The first kappa shape index (κ1) is 18.7. The van der Waals surface area contributed by atoms with E-state index in [4.69, 9.17) is 4.74 Å². The van der Waals surface area contributed by atoms with Crippen LogP contribution < -0.4 is 10.2 Å². The van der Waals surface area contributed by atoms with Crippen LogP contribution >= 0.6 is 0 Å². The summed E-state index contributed by atoms with van der Waals surface area (Å²) in [6.07, 6.45) is 0.865. The molecular formula is C22H25N3O3. The predicted molar refractivity (Wildman–Crippen MR) is 108 cm³/mol. The fourth-order valence-electron chi connectivity index (χ4n) is 3.75. The normalized spacial score (nSPS) is 16.6. The maximum Gasteiger partial charge on any atom is 0.258 e. The number of fused-ring (bicyclic) bond motifs is 1. The van der Waals surface area contributed by atoms with Crippen LogP contribution in [0.1, 0.15) is 26.3 Å². The summed E-state index contributed by atoms with van der Waals surface area (Å²) in [6, 6.07) is 15.0. The van der Waals surface area contributed by atoms with Crippen molar-refractivity contribution in [2.75, 3.05) is 50.8 Å². The molecule has 1 saturated heterocycles. The van der Waals surface area contributed by atoms with Crippen LogP contribution in [0, 0.1) is 0 Å². The number of benzene rings is 2. The highest BCUT2D eigenvalue weighted by Gasteiger charge is 2.25. The maximum atomic E-state index is 13.0. The van der Waals surface area contributed by atoms with E-state index in [1.54, 1.807) is 29.2 Å². The Balaban J connectivity index is 1.38. The Morgan fingerprint density at radius 2 is 1.75 bits per heavy atom. The van der Waals surface area contributed by atoms with Crippen molar-refractivity contribution in [2.45, 2.75) is 6.42 Å². The average Bonchev–Trinajstić information content (AvgIpc) is 3.18. The first-order valence-electron chi connectivity index (χ1n) is 9.80. The number of morpholine rings is 1. The standard InChI is InChI=1S/C22H25N3O3/c26-21(23-9-11-24-12-14-28-15-13-24)18-5-3-6-19(16-18)22(27)25-10-8-17-4-1-2-7-20(17)25/h1-7,16H,8-15H2,(H,23,26). The number of para-hydroxylation sites is 1. The third kappa shape index (κ3) is 4.08. The van der Waals surface area contributed by atoms with Gasteiger partial charge in [0.25, 0.3) is 11.8 Å². The molecule has 28 heavy (non-hydrogen) atoms. The summed E-state index contributed by atoms with van der Waals surface area (Å²) < 4.78 is 5.33. The van der Waals surface area contributed by atoms with E-state index >= 15 is 0 Å². The molecule has 0 aliphatic carbocycles. The number of ether oxygens (including phenoxy) is 1. The summed E-state index contributed by atoms with van der Waals surface area (Å²) in [5.41, 5.74) is 3.21. The highest BCUT2D eigenvalue weighted by molar-refractivity contribution is 6.08. The minimum Gasteiger partial charge on any atom is -0.379 e. The number of carbonyl (C=O) groups excluding carboxylic acids is 2. The Kier molecular flexibility index (Phi) is 5.69. The monoisotopic (exact) mass is 379 g/mol. The largest absolute Gasteiger partial charge is 0.379 e. The van der Waals surface area contributed by atoms with Crippen LogP contribution in [0.4, 0.5) is 5.69 Å². The van der Waals surface area contributed by atoms with Gasteiger partial charge in [0.1, 0.15) is 0 Å². The van der Waals surface area contributed by atoms with Gasteiger partial charge in [-0.15, -0.1) is 0 Å². The molecule has 0 atom stereocenters. The molecular weight excluding hydrogens is 354 g/mol. The van der Waals surface area contributed by atoms with Crippen molar-refractivity contribution in [2.24, 2.45) is 0 Å². The van der Waals surface area contributed by atoms with Gasteiger partial charge in [0.05, 0.1) is 13.2 Å². The lowest BCUT2D eigenvalue weighted by atomic mass is 10.1. The number of carbonyl (C=O) groups is 2. The molecule has 1 N–H and O–H groups in total. The number of anilines is 1. The Labute approximate surface area is 165 Å². The third-order valence-corrected chi connectivity index (χ3v) is 5.32. The molecule has 0 radical (unpaired) electrons. The fraction of sp³-hybridized carbons (Fsp3) is 0.364. The molecule has 0 spiro atoms. The number of nitrogens with zero attached hydrogens (tertiary/aromatic N) is 2. The molecule has 0 unspecified atom stereocenters. The molecule has 0 bridgehead atoms. The summed E-state index contributed by atoms with van der Waals surface area (Å²) >= 11 is 0. The van der Waals surface area contributed by atoms with Crippen LogP contribution in [0.15, 0.2) is 48.5 Å². The van der Waals surface area contributed by atoms with E-state index in [1.165, 1.54) is 5.56 Å². The van der Waals surface area contributed by atoms with Crippen LogP contribution in [0.3, 0.4) is 0 Å². The van der Waals surface area contributed by atoms with Gasteiger partial charge in [0.15, 0.2) is 0 Å². The molecule has 2 amide bonds. The molecule has 0 aromatic heterocycles. The van der Waals surface area contributed by atoms with Gasteiger partial charge in [0, 0.05) is 49.5 Å². The molecule has 2 aromatic rings. The molecule has 146 valence electrons. The van der Waals surface area contributed by atoms with Crippen molar-refractivity contribution in [3.05, 3.63) is 65.2 Å². The molecule has 0 saturated carbocycles. The van der Waals surface area contributed by atoms with E-state index in [2.05, 4.69) is 16.3 Å². The molecule has 2 heterocycles. The third-order valence-electron chi connectivity index (χ3n) is 5.32. The van der Waals surface area contributed by atoms with Crippen molar-refractivity contribution in [1.29, 1.82) is 0 Å². The zero-order valence-electron chi connectivity index (χ0n) is 15.9.